The molecule has 0 aliphatic rings. The fourth-order valence-electron chi connectivity index (χ4n) is 8.22. The number of halogens is 6. The Morgan fingerprint density at radius 2 is 0.707 bits per heavy atom. The Labute approximate surface area is 328 Å². The second-order valence-electron chi connectivity index (χ2n) is 14.4. The van der Waals surface area contributed by atoms with Crippen LogP contribution < -0.4 is 4.90 Å². The third-order valence-corrected chi connectivity index (χ3v) is 10.9. The number of rotatable bonds is 6. The van der Waals surface area contributed by atoms with Crippen molar-refractivity contribution in [1.29, 1.82) is 0 Å². The van der Waals surface area contributed by atoms with Gasteiger partial charge in [0.2, 0.25) is 0 Å². The molecule has 2 nitrogen and oxygen atoms in total. The number of anilines is 3. The maximum Gasteiger partial charge on any atom is 0.416 e. The highest BCUT2D eigenvalue weighted by molar-refractivity contribution is 6.24. The summed E-state index contributed by atoms with van der Waals surface area (Å²) in [6.45, 7) is 0. The van der Waals surface area contributed by atoms with Crippen LogP contribution in [0, 0.1) is 0 Å². The van der Waals surface area contributed by atoms with Crippen molar-refractivity contribution in [2.45, 2.75) is 12.4 Å². The standard InChI is InChI=1S/C50H30F6N2/c51-49(52,53)37-28-38(50(54,55)56)30-41(29-37)57(39-22-18-34(19-23-39)33-16-14-32(15-17-33)31-8-2-1-3-9-31)40-24-20-35(21-25-40)36-26-44-42-10-4-6-12-46(42)58-47-13-7-5-11-43(47)45(27-36)48(44)58/h1-30H. The van der Waals surface area contributed by atoms with Crippen LogP contribution >= 0.6 is 0 Å². The molecule has 0 bridgehead atoms. The summed E-state index contributed by atoms with van der Waals surface area (Å²) in [5.41, 5.74) is 6.69. The van der Waals surface area contributed by atoms with Gasteiger partial charge >= 0.3 is 12.4 Å². The number of alkyl halides is 6. The van der Waals surface area contributed by atoms with Crippen LogP contribution in [0.25, 0.3) is 71.5 Å². The van der Waals surface area contributed by atoms with E-state index in [2.05, 4.69) is 40.8 Å². The lowest BCUT2D eigenvalue weighted by molar-refractivity contribution is -0.143. The third-order valence-electron chi connectivity index (χ3n) is 10.9. The van der Waals surface area contributed by atoms with Crippen molar-refractivity contribution in [3.63, 3.8) is 0 Å². The molecule has 2 heterocycles. The maximum absolute atomic E-state index is 14.2. The first kappa shape index (κ1) is 35.4. The van der Waals surface area contributed by atoms with Crippen LogP contribution in [-0.2, 0) is 12.4 Å². The van der Waals surface area contributed by atoms with Gasteiger partial charge in [0.1, 0.15) is 0 Å². The molecule has 0 saturated carbocycles. The van der Waals surface area contributed by atoms with Crippen molar-refractivity contribution in [1.82, 2.24) is 4.40 Å². The van der Waals surface area contributed by atoms with E-state index in [1.54, 1.807) is 24.3 Å². The second kappa shape index (κ2) is 13.3. The predicted molar refractivity (Wildman–Crippen MR) is 222 cm³/mol. The van der Waals surface area contributed by atoms with E-state index in [1.165, 1.54) is 4.90 Å². The van der Waals surface area contributed by atoms with Crippen LogP contribution in [0.3, 0.4) is 0 Å². The first-order valence-corrected chi connectivity index (χ1v) is 18.6. The molecule has 2 aromatic heterocycles. The van der Waals surface area contributed by atoms with Crippen molar-refractivity contribution in [2.75, 3.05) is 4.90 Å². The van der Waals surface area contributed by atoms with Crippen LogP contribution in [0.2, 0.25) is 0 Å². The van der Waals surface area contributed by atoms with Gasteiger partial charge in [-0.25, -0.2) is 0 Å². The largest absolute Gasteiger partial charge is 0.416 e. The number of fused-ring (bicyclic) bond motifs is 6. The molecule has 0 amide bonds. The lowest BCUT2D eigenvalue weighted by Crippen LogP contribution is -2.15. The molecule has 0 fully saturated rings. The van der Waals surface area contributed by atoms with Crippen LogP contribution in [0.15, 0.2) is 182 Å². The van der Waals surface area contributed by atoms with Gasteiger partial charge in [-0.15, -0.1) is 0 Å². The summed E-state index contributed by atoms with van der Waals surface area (Å²) in [5, 5.41) is 4.39. The summed E-state index contributed by atoms with van der Waals surface area (Å²) in [5.74, 6) is 0. The molecule has 0 unspecified atom stereocenters. The smallest absolute Gasteiger partial charge is 0.310 e. The second-order valence-corrected chi connectivity index (χ2v) is 14.4. The first-order valence-electron chi connectivity index (χ1n) is 18.6. The fraction of sp³-hybridized carbons (Fsp3) is 0.0400. The lowest BCUT2D eigenvalue weighted by Gasteiger charge is -2.27. The van der Waals surface area contributed by atoms with Gasteiger partial charge in [0.15, 0.2) is 0 Å². The van der Waals surface area contributed by atoms with Crippen molar-refractivity contribution in [2.24, 2.45) is 0 Å². The van der Waals surface area contributed by atoms with Gasteiger partial charge in [0, 0.05) is 38.6 Å². The quantitative estimate of drug-likeness (QED) is 0.153. The molecule has 0 spiro atoms. The van der Waals surface area contributed by atoms with E-state index in [9.17, 15) is 26.3 Å². The number of hydrogen-bond acceptors (Lipinski definition) is 1. The summed E-state index contributed by atoms with van der Waals surface area (Å²) in [7, 11) is 0. The SMILES string of the molecule is FC(F)(F)c1cc(N(c2ccc(-c3ccc(-c4ccccc4)cc3)cc2)c2ccc(-c3cc4c5ccccc5n5c6ccccc6c(c3)c45)cc2)cc(C(F)(F)F)c1. The minimum absolute atomic E-state index is 0.155. The third kappa shape index (κ3) is 6.00. The van der Waals surface area contributed by atoms with Gasteiger partial charge in [-0.1, -0.05) is 115 Å². The molecule has 8 aromatic carbocycles. The van der Waals surface area contributed by atoms with Crippen LogP contribution in [-0.4, -0.2) is 4.40 Å². The Bertz CT molecular complexity index is 2990. The van der Waals surface area contributed by atoms with Gasteiger partial charge in [-0.2, -0.15) is 26.3 Å². The van der Waals surface area contributed by atoms with E-state index >= 15 is 0 Å². The van der Waals surface area contributed by atoms with Gasteiger partial charge in [-0.3, -0.25) is 0 Å². The number of benzene rings is 8. The van der Waals surface area contributed by atoms with E-state index in [4.69, 9.17) is 0 Å². The number of para-hydroxylation sites is 2. The zero-order chi connectivity index (χ0) is 39.8. The Kier molecular flexibility index (Phi) is 8.09. The topological polar surface area (TPSA) is 7.65 Å². The van der Waals surface area contributed by atoms with E-state index in [0.717, 1.165) is 83.6 Å². The summed E-state index contributed by atoms with van der Waals surface area (Å²) in [4.78, 5) is 1.43. The van der Waals surface area contributed by atoms with Crippen molar-refractivity contribution < 1.29 is 26.3 Å². The number of aromatic nitrogens is 1. The first-order chi connectivity index (χ1) is 28.0. The maximum atomic E-state index is 14.2. The van der Waals surface area contributed by atoms with Crippen molar-refractivity contribution in [3.05, 3.63) is 193 Å². The zero-order valence-corrected chi connectivity index (χ0v) is 30.5. The molecule has 10 aromatic rings. The average Bonchev–Trinajstić information content (AvgIpc) is 3.76. The minimum Gasteiger partial charge on any atom is -0.310 e. The monoisotopic (exact) mass is 772 g/mol. The molecule has 0 atom stereocenters. The molecule has 0 aliphatic heterocycles. The van der Waals surface area contributed by atoms with Crippen molar-refractivity contribution in [3.8, 4) is 33.4 Å². The minimum atomic E-state index is -5.01. The van der Waals surface area contributed by atoms with Gasteiger partial charge < -0.3 is 9.30 Å². The zero-order valence-electron chi connectivity index (χ0n) is 30.5. The van der Waals surface area contributed by atoms with Gasteiger partial charge in [-0.05, 0) is 100 Å². The summed E-state index contributed by atoms with van der Waals surface area (Å²) in [6.07, 6.45) is -10.0. The Balaban J connectivity index is 1.08. The summed E-state index contributed by atoms with van der Waals surface area (Å²) in [6, 6.07) is 54.6. The van der Waals surface area contributed by atoms with Crippen LogP contribution in [0.5, 0.6) is 0 Å². The molecule has 10 rings (SSSR count). The molecule has 0 N–H and O–H groups in total. The Hall–Kier alpha value is -7.06. The van der Waals surface area contributed by atoms with E-state index in [-0.39, 0.29) is 11.8 Å². The normalized spacial score (nSPS) is 12.3. The predicted octanol–water partition coefficient (Wildman–Crippen LogP) is 15.3. The highest BCUT2D eigenvalue weighted by Gasteiger charge is 2.38. The molecule has 282 valence electrons. The molecule has 0 saturated heterocycles. The number of hydrogen-bond donors (Lipinski definition) is 0. The molecular formula is C50H30F6N2. The Morgan fingerprint density at radius 3 is 1.16 bits per heavy atom. The molecule has 58 heavy (non-hydrogen) atoms. The highest BCUT2D eigenvalue weighted by Crippen LogP contribution is 2.45. The van der Waals surface area contributed by atoms with Crippen molar-refractivity contribution >= 4 is 55.2 Å². The summed E-state index contributed by atoms with van der Waals surface area (Å²) >= 11 is 0. The summed E-state index contributed by atoms with van der Waals surface area (Å²) < 4.78 is 87.4. The molecule has 0 radical (unpaired) electrons. The van der Waals surface area contributed by atoms with E-state index in [0.29, 0.717) is 11.4 Å². The molecule has 0 aliphatic carbocycles. The highest BCUT2D eigenvalue weighted by atomic mass is 19.4. The van der Waals surface area contributed by atoms with E-state index < -0.39 is 23.5 Å². The van der Waals surface area contributed by atoms with E-state index in [1.807, 2.05) is 103 Å². The van der Waals surface area contributed by atoms with Crippen LogP contribution in [0.1, 0.15) is 11.1 Å². The average molecular weight is 773 g/mol. The number of nitrogens with zero attached hydrogens (tertiary/aromatic N) is 2. The molecular weight excluding hydrogens is 743 g/mol. The fourth-order valence-corrected chi connectivity index (χ4v) is 8.22. The van der Waals surface area contributed by atoms with Gasteiger partial charge in [0.05, 0.1) is 27.7 Å². The lowest BCUT2D eigenvalue weighted by atomic mass is 9.98. The van der Waals surface area contributed by atoms with Gasteiger partial charge in [0.25, 0.3) is 0 Å². The molecule has 8 heteroatoms. The van der Waals surface area contributed by atoms with Crippen LogP contribution in [0.4, 0.5) is 43.4 Å². The Morgan fingerprint density at radius 1 is 0.328 bits per heavy atom.